The lowest BCUT2D eigenvalue weighted by Crippen LogP contribution is -2.34. The zero-order chi connectivity index (χ0) is 21.9. The molecular weight excluding hydrogens is 446 g/mol. The Hall–Kier alpha value is -2.36. The SMILES string of the molecule is O=C(c1c(Cl)ncnc1Cl)N(CCO)c1ccc2c(c1)CCC(OCC(F)(F)F)=C2. The van der Waals surface area contributed by atoms with Gasteiger partial charge in [-0.1, -0.05) is 29.3 Å². The number of alkyl halides is 3. The van der Waals surface area contributed by atoms with E-state index in [2.05, 4.69) is 9.97 Å². The van der Waals surface area contributed by atoms with Crippen LogP contribution in [0.2, 0.25) is 10.3 Å². The average molecular weight is 462 g/mol. The van der Waals surface area contributed by atoms with E-state index in [9.17, 15) is 23.1 Å². The first-order chi connectivity index (χ1) is 14.2. The van der Waals surface area contributed by atoms with Crippen LogP contribution in [0.5, 0.6) is 0 Å². The van der Waals surface area contributed by atoms with Gasteiger partial charge in [-0.15, -0.1) is 0 Å². The number of carbonyl (C=O) groups is 1. The van der Waals surface area contributed by atoms with Gasteiger partial charge in [-0.05, 0) is 35.8 Å². The van der Waals surface area contributed by atoms with Crippen LogP contribution < -0.4 is 4.90 Å². The van der Waals surface area contributed by atoms with Gasteiger partial charge < -0.3 is 14.7 Å². The highest BCUT2D eigenvalue weighted by Crippen LogP contribution is 2.31. The molecule has 0 radical (unpaired) electrons. The number of rotatable bonds is 6. The van der Waals surface area contributed by atoms with E-state index >= 15 is 0 Å². The van der Waals surface area contributed by atoms with Crippen molar-refractivity contribution in [1.82, 2.24) is 9.97 Å². The third-order valence-corrected chi connectivity index (χ3v) is 4.93. The topological polar surface area (TPSA) is 75.6 Å². The maximum atomic E-state index is 13.0. The van der Waals surface area contributed by atoms with Gasteiger partial charge in [0.1, 0.15) is 22.2 Å². The third-order valence-electron chi connectivity index (χ3n) is 4.35. The summed E-state index contributed by atoms with van der Waals surface area (Å²) in [6.45, 7) is -1.69. The van der Waals surface area contributed by atoms with Gasteiger partial charge in [0.15, 0.2) is 6.61 Å². The second kappa shape index (κ2) is 9.20. The molecule has 0 saturated carbocycles. The number of allylic oxidation sites excluding steroid dienone is 1. The minimum atomic E-state index is -4.40. The summed E-state index contributed by atoms with van der Waals surface area (Å²) >= 11 is 12.0. The number of hydrogen-bond acceptors (Lipinski definition) is 5. The summed E-state index contributed by atoms with van der Waals surface area (Å²) in [5, 5.41) is 9.19. The van der Waals surface area contributed by atoms with Crippen LogP contribution in [0.15, 0.2) is 30.3 Å². The molecule has 0 saturated heterocycles. The van der Waals surface area contributed by atoms with E-state index < -0.39 is 18.7 Å². The van der Waals surface area contributed by atoms with Crippen molar-refractivity contribution in [3.05, 3.63) is 57.3 Å². The van der Waals surface area contributed by atoms with Crippen LogP contribution in [-0.2, 0) is 11.2 Å². The molecule has 30 heavy (non-hydrogen) atoms. The van der Waals surface area contributed by atoms with E-state index in [-0.39, 0.29) is 34.8 Å². The van der Waals surface area contributed by atoms with Crippen LogP contribution in [0.3, 0.4) is 0 Å². The fourth-order valence-corrected chi connectivity index (χ4v) is 3.49. The molecule has 160 valence electrons. The first-order valence-corrected chi connectivity index (χ1v) is 9.57. The van der Waals surface area contributed by atoms with Gasteiger partial charge in [0.05, 0.1) is 12.4 Å². The second-order valence-corrected chi connectivity index (χ2v) is 7.12. The first kappa shape index (κ1) is 22.3. The van der Waals surface area contributed by atoms with Gasteiger partial charge in [0.25, 0.3) is 5.91 Å². The quantitative estimate of drug-likeness (QED) is 0.649. The van der Waals surface area contributed by atoms with Crippen LogP contribution in [0.4, 0.5) is 18.9 Å². The molecule has 0 aliphatic heterocycles. The van der Waals surface area contributed by atoms with Crippen molar-refractivity contribution in [2.24, 2.45) is 0 Å². The van der Waals surface area contributed by atoms with Gasteiger partial charge in [0, 0.05) is 18.7 Å². The highest BCUT2D eigenvalue weighted by atomic mass is 35.5. The van der Waals surface area contributed by atoms with Gasteiger partial charge in [-0.2, -0.15) is 13.2 Å². The summed E-state index contributed by atoms with van der Waals surface area (Å²) < 4.78 is 41.9. The number of amides is 1. The zero-order valence-corrected chi connectivity index (χ0v) is 16.9. The molecule has 1 amide bonds. The molecule has 11 heteroatoms. The molecule has 6 nitrogen and oxygen atoms in total. The molecule has 2 aromatic rings. The van der Waals surface area contributed by atoms with E-state index in [4.69, 9.17) is 27.9 Å². The molecule has 1 N–H and O–H groups in total. The van der Waals surface area contributed by atoms with Gasteiger partial charge in [-0.3, -0.25) is 4.79 Å². The number of aliphatic hydroxyl groups excluding tert-OH is 1. The maximum absolute atomic E-state index is 13.0. The summed E-state index contributed by atoms with van der Waals surface area (Å²) in [7, 11) is 0. The number of aryl methyl sites for hydroxylation is 1. The Labute approximate surface area is 179 Å². The monoisotopic (exact) mass is 461 g/mol. The number of ether oxygens (including phenoxy) is 1. The van der Waals surface area contributed by atoms with Crippen LogP contribution in [0.1, 0.15) is 27.9 Å². The van der Waals surface area contributed by atoms with Crippen LogP contribution >= 0.6 is 23.2 Å². The Morgan fingerprint density at radius 3 is 2.53 bits per heavy atom. The van der Waals surface area contributed by atoms with E-state index in [0.29, 0.717) is 24.1 Å². The van der Waals surface area contributed by atoms with Crippen molar-refractivity contribution in [2.75, 3.05) is 24.7 Å². The first-order valence-electron chi connectivity index (χ1n) is 8.81. The second-order valence-electron chi connectivity index (χ2n) is 6.41. The third kappa shape index (κ3) is 5.21. The predicted molar refractivity (Wildman–Crippen MR) is 106 cm³/mol. The summed E-state index contributed by atoms with van der Waals surface area (Å²) in [4.78, 5) is 21.8. The Kier molecular flexibility index (Phi) is 6.84. The van der Waals surface area contributed by atoms with Crippen molar-refractivity contribution in [3.63, 3.8) is 0 Å². The number of carbonyl (C=O) groups excluding carboxylic acids is 1. The minimum Gasteiger partial charge on any atom is -0.488 e. The Bertz CT molecular complexity index is 963. The highest BCUT2D eigenvalue weighted by molar-refractivity contribution is 6.39. The molecule has 0 bridgehead atoms. The fourth-order valence-electron chi connectivity index (χ4n) is 3.01. The number of halogens is 5. The number of aliphatic hydroxyl groups is 1. The number of fused-ring (bicyclic) bond motifs is 1. The van der Waals surface area contributed by atoms with E-state index in [0.717, 1.165) is 11.9 Å². The average Bonchev–Trinajstić information content (AvgIpc) is 2.69. The van der Waals surface area contributed by atoms with Gasteiger partial charge in [-0.25, -0.2) is 9.97 Å². The largest absolute Gasteiger partial charge is 0.488 e. The molecule has 3 rings (SSSR count). The predicted octanol–water partition coefficient (Wildman–Crippen LogP) is 4.29. The lowest BCUT2D eigenvalue weighted by molar-refractivity contribution is -0.165. The van der Waals surface area contributed by atoms with E-state index in [1.54, 1.807) is 24.3 Å². The molecule has 0 fully saturated rings. The lowest BCUT2D eigenvalue weighted by Gasteiger charge is -2.25. The van der Waals surface area contributed by atoms with Gasteiger partial charge >= 0.3 is 6.18 Å². The standard InChI is InChI=1S/C19H16Cl2F3N3O3/c20-16-15(17(21)26-10-25-16)18(29)27(5-6-28)13-3-1-12-8-14(4-2-11(12)7-13)30-9-19(22,23)24/h1,3,7-8,10,28H,2,4-6,9H2. The van der Waals surface area contributed by atoms with Crippen LogP contribution in [0.25, 0.3) is 6.08 Å². The normalized spacial score (nSPS) is 13.5. The number of anilines is 1. The van der Waals surface area contributed by atoms with Crippen LogP contribution in [0, 0.1) is 0 Å². The molecular formula is C19H16Cl2F3N3O3. The number of aromatic nitrogens is 2. The summed E-state index contributed by atoms with van der Waals surface area (Å²) in [6.07, 6.45) is -0.999. The van der Waals surface area contributed by atoms with Gasteiger partial charge in [0.2, 0.25) is 0 Å². The van der Waals surface area contributed by atoms with Crippen molar-refractivity contribution in [1.29, 1.82) is 0 Å². The Morgan fingerprint density at radius 2 is 1.90 bits per heavy atom. The molecule has 1 aliphatic carbocycles. The molecule has 1 heterocycles. The smallest absolute Gasteiger partial charge is 0.422 e. The highest BCUT2D eigenvalue weighted by Gasteiger charge is 2.29. The van der Waals surface area contributed by atoms with E-state index in [1.807, 2.05) is 0 Å². The summed E-state index contributed by atoms with van der Waals surface area (Å²) in [6, 6.07) is 5.01. The minimum absolute atomic E-state index is 0.0328. The summed E-state index contributed by atoms with van der Waals surface area (Å²) in [5.41, 5.74) is 1.90. The number of nitrogens with zero attached hydrogens (tertiary/aromatic N) is 3. The van der Waals surface area contributed by atoms with Crippen molar-refractivity contribution in [3.8, 4) is 0 Å². The number of benzene rings is 1. The van der Waals surface area contributed by atoms with E-state index in [1.165, 1.54) is 4.90 Å². The molecule has 0 unspecified atom stereocenters. The Balaban J connectivity index is 1.88. The molecule has 0 spiro atoms. The number of hydrogen-bond donors (Lipinski definition) is 1. The molecule has 1 aliphatic rings. The molecule has 0 atom stereocenters. The van der Waals surface area contributed by atoms with Crippen molar-refractivity contribution < 1.29 is 27.8 Å². The lowest BCUT2D eigenvalue weighted by atomic mass is 9.95. The molecule has 1 aromatic heterocycles. The van der Waals surface area contributed by atoms with Crippen LogP contribution in [-0.4, -0.2) is 46.9 Å². The van der Waals surface area contributed by atoms with Crippen molar-refractivity contribution in [2.45, 2.75) is 19.0 Å². The summed E-state index contributed by atoms with van der Waals surface area (Å²) in [5.74, 6) is -0.337. The van der Waals surface area contributed by atoms with Crippen molar-refractivity contribution >= 4 is 40.9 Å². The Morgan fingerprint density at radius 1 is 1.20 bits per heavy atom. The zero-order valence-electron chi connectivity index (χ0n) is 15.4. The fraction of sp³-hybridized carbons (Fsp3) is 0.316. The maximum Gasteiger partial charge on any atom is 0.422 e. The molecule has 1 aromatic carbocycles.